The van der Waals surface area contributed by atoms with Gasteiger partial charge in [0.25, 0.3) is 17.7 Å². The molecule has 0 atom stereocenters. The lowest BCUT2D eigenvalue weighted by Crippen LogP contribution is -2.15. The molecular weight excluding hydrogens is 500 g/mol. The van der Waals surface area contributed by atoms with E-state index in [1.54, 1.807) is 18.2 Å². The van der Waals surface area contributed by atoms with Crippen molar-refractivity contribution in [2.45, 2.75) is 11.1 Å². The quantitative estimate of drug-likeness (QED) is 0.283. The van der Waals surface area contributed by atoms with Crippen molar-refractivity contribution in [2.75, 3.05) is 6.26 Å². The summed E-state index contributed by atoms with van der Waals surface area (Å²) >= 11 is 0. The standard InChI is InChI=1S/C21H14F4N2O5S2/c1-33(28,29)34(30,31)19-7-6-16(10-17(19)22)27-18(11-20(26-27)21(23,24)25)14-4-2-13(3-5-14)15-8-9-32-12-15/h2-12H,1H3. The number of alkyl halides is 3. The van der Waals surface area contributed by atoms with Crippen molar-refractivity contribution in [1.29, 1.82) is 0 Å². The Morgan fingerprint density at radius 1 is 0.882 bits per heavy atom. The minimum Gasteiger partial charge on any atom is -0.472 e. The van der Waals surface area contributed by atoms with Crippen LogP contribution in [0.3, 0.4) is 0 Å². The predicted molar refractivity (Wildman–Crippen MR) is 114 cm³/mol. The zero-order valence-electron chi connectivity index (χ0n) is 17.1. The highest BCUT2D eigenvalue weighted by molar-refractivity contribution is 8.66. The molecule has 0 amide bonds. The molecule has 34 heavy (non-hydrogen) atoms. The summed E-state index contributed by atoms with van der Waals surface area (Å²) in [4.78, 5) is -1.12. The lowest BCUT2D eigenvalue weighted by Gasteiger charge is -2.10. The summed E-state index contributed by atoms with van der Waals surface area (Å²) in [5.74, 6) is -1.45. The van der Waals surface area contributed by atoms with Crippen molar-refractivity contribution in [3.05, 3.63) is 78.6 Å². The predicted octanol–water partition coefficient (Wildman–Crippen LogP) is 4.69. The van der Waals surface area contributed by atoms with Gasteiger partial charge < -0.3 is 4.42 Å². The average molecular weight is 514 g/mol. The van der Waals surface area contributed by atoms with E-state index in [9.17, 15) is 34.4 Å². The van der Waals surface area contributed by atoms with E-state index in [1.165, 1.54) is 24.7 Å². The second-order valence-electron chi connectivity index (χ2n) is 7.19. The van der Waals surface area contributed by atoms with E-state index in [2.05, 4.69) is 5.10 Å². The normalized spacial score (nSPS) is 12.7. The summed E-state index contributed by atoms with van der Waals surface area (Å²) in [5, 5.41) is 3.52. The van der Waals surface area contributed by atoms with Crippen molar-refractivity contribution in [1.82, 2.24) is 9.78 Å². The van der Waals surface area contributed by atoms with Gasteiger partial charge in [-0.2, -0.15) is 18.3 Å². The third-order valence-corrected chi connectivity index (χ3v) is 9.46. The van der Waals surface area contributed by atoms with Gasteiger partial charge in [0.15, 0.2) is 5.69 Å². The number of rotatable bonds is 5. The van der Waals surface area contributed by atoms with Crippen LogP contribution in [0.1, 0.15) is 5.69 Å². The van der Waals surface area contributed by atoms with Crippen molar-refractivity contribution >= 4 is 17.7 Å². The van der Waals surface area contributed by atoms with Crippen LogP contribution in [-0.2, 0) is 23.9 Å². The van der Waals surface area contributed by atoms with Gasteiger partial charge in [-0.3, -0.25) is 0 Å². The fourth-order valence-electron chi connectivity index (χ4n) is 3.17. The van der Waals surface area contributed by atoms with E-state index in [4.69, 9.17) is 4.42 Å². The van der Waals surface area contributed by atoms with Gasteiger partial charge in [-0.25, -0.2) is 25.9 Å². The number of halogens is 4. The molecule has 178 valence electrons. The van der Waals surface area contributed by atoms with Gasteiger partial charge in [0.2, 0.25) is 0 Å². The second-order valence-corrected chi connectivity index (χ2v) is 13.1. The van der Waals surface area contributed by atoms with Gasteiger partial charge in [0.1, 0.15) is 10.7 Å². The molecule has 0 bridgehead atoms. The minimum atomic E-state index is -5.03. The molecule has 0 unspecified atom stereocenters. The molecule has 0 aliphatic heterocycles. The van der Waals surface area contributed by atoms with Crippen LogP contribution >= 0.6 is 0 Å². The third kappa shape index (κ3) is 4.23. The van der Waals surface area contributed by atoms with E-state index in [0.717, 1.165) is 27.9 Å². The van der Waals surface area contributed by atoms with Crippen LogP contribution in [0, 0.1) is 5.82 Å². The molecule has 0 aliphatic carbocycles. The monoisotopic (exact) mass is 514 g/mol. The molecule has 0 saturated heterocycles. The van der Waals surface area contributed by atoms with Gasteiger partial charge in [-0.05, 0) is 29.8 Å². The molecular formula is C21H14F4N2O5S2. The summed E-state index contributed by atoms with van der Waals surface area (Å²) in [6.07, 6.45) is -1.44. The van der Waals surface area contributed by atoms with Crippen LogP contribution in [0.25, 0.3) is 28.1 Å². The Morgan fingerprint density at radius 2 is 1.53 bits per heavy atom. The number of benzene rings is 2. The van der Waals surface area contributed by atoms with Crippen LogP contribution in [0.2, 0.25) is 0 Å². The average Bonchev–Trinajstić information content (AvgIpc) is 3.43. The van der Waals surface area contributed by atoms with Crippen LogP contribution in [0.5, 0.6) is 0 Å². The maximum atomic E-state index is 14.6. The number of aromatic nitrogens is 2. The Balaban J connectivity index is 1.84. The number of furan rings is 1. The summed E-state index contributed by atoms with van der Waals surface area (Å²) in [7, 11) is -9.72. The smallest absolute Gasteiger partial charge is 0.435 e. The van der Waals surface area contributed by atoms with Crippen LogP contribution in [0.4, 0.5) is 17.6 Å². The molecule has 2 aromatic carbocycles. The number of hydrogen-bond acceptors (Lipinski definition) is 6. The highest BCUT2D eigenvalue weighted by Crippen LogP contribution is 2.34. The maximum absolute atomic E-state index is 14.6. The number of hydrogen-bond donors (Lipinski definition) is 0. The van der Waals surface area contributed by atoms with E-state index in [1.807, 2.05) is 0 Å². The highest BCUT2D eigenvalue weighted by atomic mass is 33.2. The zero-order chi connectivity index (χ0) is 24.9. The Labute approximate surface area is 190 Å². The topological polar surface area (TPSA) is 99.2 Å². The third-order valence-electron chi connectivity index (χ3n) is 4.86. The highest BCUT2D eigenvalue weighted by Gasteiger charge is 2.36. The Morgan fingerprint density at radius 3 is 2.06 bits per heavy atom. The molecule has 2 heterocycles. The van der Waals surface area contributed by atoms with Crippen molar-refractivity contribution in [3.8, 4) is 28.1 Å². The van der Waals surface area contributed by atoms with Crippen molar-refractivity contribution < 1.29 is 38.8 Å². The lowest BCUT2D eigenvalue weighted by molar-refractivity contribution is -0.141. The summed E-state index contributed by atoms with van der Waals surface area (Å²) in [5.41, 5.74) is 0.249. The first-order valence-corrected chi connectivity index (χ1v) is 13.2. The van der Waals surface area contributed by atoms with Crippen molar-refractivity contribution in [2.24, 2.45) is 0 Å². The molecule has 13 heteroatoms. The first kappa shape index (κ1) is 23.7. The SMILES string of the molecule is CS(=O)(=O)S(=O)(=O)c1ccc(-n2nc(C(F)(F)F)cc2-c2ccc(-c3ccoc3)cc2)cc1F. The van der Waals surface area contributed by atoms with Crippen LogP contribution < -0.4 is 0 Å². The van der Waals surface area contributed by atoms with Crippen molar-refractivity contribution in [3.63, 3.8) is 0 Å². The van der Waals surface area contributed by atoms with E-state index < -0.39 is 40.3 Å². The molecule has 0 saturated carbocycles. The summed E-state index contributed by atoms with van der Waals surface area (Å²) < 4.78 is 108. The molecule has 4 aromatic rings. The Bertz CT molecular complexity index is 1570. The molecule has 4 rings (SSSR count). The molecule has 0 fully saturated rings. The fourth-order valence-corrected chi connectivity index (χ4v) is 5.41. The van der Waals surface area contributed by atoms with E-state index >= 15 is 0 Å². The van der Waals surface area contributed by atoms with Crippen LogP contribution in [0.15, 0.2) is 76.4 Å². The first-order chi connectivity index (χ1) is 15.8. The lowest BCUT2D eigenvalue weighted by atomic mass is 10.0. The molecule has 0 spiro atoms. The van der Waals surface area contributed by atoms with Gasteiger partial charge in [0.05, 0.1) is 30.2 Å². The Hall–Kier alpha value is -3.45. The molecule has 0 radical (unpaired) electrons. The maximum Gasteiger partial charge on any atom is 0.435 e. The summed E-state index contributed by atoms with van der Waals surface area (Å²) in [6.45, 7) is 0. The fraction of sp³-hybridized carbons (Fsp3) is 0.0952. The van der Waals surface area contributed by atoms with Gasteiger partial charge in [-0.1, -0.05) is 24.3 Å². The first-order valence-electron chi connectivity index (χ1n) is 9.34. The zero-order valence-corrected chi connectivity index (χ0v) is 18.7. The van der Waals surface area contributed by atoms with Gasteiger partial charge in [0, 0.05) is 17.2 Å². The molecule has 2 aromatic heterocycles. The molecule has 7 nitrogen and oxygen atoms in total. The van der Waals surface area contributed by atoms with Gasteiger partial charge >= 0.3 is 6.18 Å². The largest absolute Gasteiger partial charge is 0.472 e. The summed E-state index contributed by atoms with van der Waals surface area (Å²) in [6, 6.07) is 11.1. The number of nitrogens with zero attached hydrogens (tertiary/aromatic N) is 2. The second kappa shape index (κ2) is 8.09. The van der Waals surface area contributed by atoms with Gasteiger partial charge in [-0.15, -0.1) is 0 Å². The van der Waals surface area contributed by atoms with Crippen LogP contribution in [-0.4, -0.2) is 32.9 Å². The molecule has 0 aliphatic rings. The Kier molecular flexibility index (Phi) is 5.64. The minimum absolute atomic E-state index is 0.0517. The molecule has 0 N–H and O–H groups in total. The van der Waals surface area contributed by atoms with E-state index in [0.29, 0.717) is 24.0 Å². The van der Waals surface area contributed by atoms with E-state index in [-0.39, 0.29) is 11.4 Å².